The minimum absolute atomic E-state index is 0.101. The molecule has 3 heterocycles. The lowest BCUT2D eigenvalue weighted by Crippen LogP contribution is -2.49. The van der Waals surface area contributed by atoms with Crippen molar-refractivity contribution in [3.63, 3.8) is 0 Å². The van der Waals surface area contributed by atoms with Crippen LogP contribution in [0.1, 0.15) is 48.2 Å². The number of aromatic nitrogens is 3. The van der Waals surface area contributed by atoms with E-state index in [1.165, 1.54) is 19.3 Å². The topological polar surface area (TPSA) is 84.6 Å². The van der Waals surface area contributed by atoms with E-state index in [2.05, 4.69) is 20.3 Å². The van der Waals surface area contributed by atoms with E-state index in [-0.39, 0.29) is 12.0 Å². The van der Waals surface area contributed by atoms with E-state index in [1.54, 1.807) is 13.0 Å². The molecule has 1 amide bonds. The number of aryl methyl sites for hydroxylation is 1. The number of nitrogens with zero attached hydrogens (tertiary/aromatic N) is 5. The lowest BCUT2D eigenvalue weighted by Gasteiger charge is -2.35. The number of ether oxygens (including phenoxy) is 1. The van der Waals surface area contributed by atoms with Gasteiger partial charge in [0.05, 0.1) is 5.02 Å². The maximum Gasteiger partial charge on any atom is 0.259 e. The van der Waals surface area contributed by atoms with Crippen LogP contribution in [0.15, 0.2) is 40.9 Å². The Labute approximate surface area is 203 Å². The van der Waals surface area contributed by atoms with Crippen molar-refractivity contribution in [3.05, 3.63) is 52.7 Å². The fourth-order valence-corrected chi connectivity index (χ4v) is 4.88. The summed E-state index contributed by atoms with van der Waals surface area (Å²) in [5.41, 5.74) is 1.63. The second-order valence-corrected chi connectivity index (χ2v) is 9.24. The van der Waals surface area contributed by atoms with E-state index >= 15 is 0 Å². The summed E-state index contributed by atoms with van der Waals surface area (Å²) < 4.78 is 11.4. The molecule has 5 rings (SSSR count). The second kappa shape index (κ2) is 10.0. The molecule has 2 aliphatic rings. The molecule has 2 fully saturated rings. The van der Waals surface area contributed by atoms with Crippen molar-refractivity contribution in [3.8, 4) is 17.1 Å². The minimum Gasteiger partial charge on any atom is -0.473 e. The molecule has 0 bridgehead atoms. The predicted molar refractivity (Wildman–Crippen MR) is 129 cm³/mol. The number of amides is 1. The zero-order chi connectivity index (χ0) is 23.5. The van der Waals surface area contributed by atoms with Gasteiger partial charge >= 0.3 is 0 Å². The molecule has 1 aliphatic carbocycles. The van der Waals surface area contributed by atoms with Crippen molar-refractivity contribution in [2.45, 2.75) is 45.1 Å². The standard InChI is InChI=1S/C25H28ClN5O3/c1-17-23(24(29-34-17)19-9-5-6-10-20(19)26)25(32)31-15-13-30(14-16-31)21-11-12-22(28-27-21)33-18-7-3-2-4-8-18/h5-6,9-12,18H,2-4,7-8,13-16H2,1H3. The summed E-state index contributed by atoms with van der Waals surface area (Å²) in [5.74, 6) is 1.76. The van der Waals surface area contributed by atoms with Gasteiger partial charge in [-0.3, -0.25) is 4.79 Å². The number of benzene rings is 1. The molecule has 1 aliphatic heterocycles. The van der Waals surface area contributed by atoms with Crippen LogP contribution in [-0.4, -0.2) is 58.4 Å². The molecule has 0 radical (unpaired) electrons. The van der Waals surface area contributed by atoms with Gasteiger partial charge in [0.2, 0.25) is 5.88 Å². The number of hydrogen-bond donors (Lipinski definition) is 0. The Balaban J connectivity index is 1.22. The van der Waals surface area contributed by atoms with Gasteiger partial charge in [-0.05, 0) is 44.7 Å². The van der Waals surface area contributed by atoms with Crippen LogP contribution in [0.2, 0.25) is 5.02 Å². The first kappa shape index (κ1) is 22.7. The van der Waals surface area contributed by atoms with Gasteiger partial charge in [-0.2, -0.15) is 0 Å². The first-order chi connectivity index (χ1) is 16.6. The van der Waals surface area contributed by atoms with E-state index < -0.39 is 0 Å². The molecule has 2 aromatic heterocycles. The highest BCUT2D eigenvalue weighted by atomic mass is 35.5. The third-order valence-corrected chi connectivity index (χ3v) is 6.89. The van der Waals surface area contributed by atoms with Gasteiger partial charge in [0.15, 0.2) is 5.82 Å². The highest BCUT2D eigenvalue weighted by Gasteiger charge is 2.29. The quantitative estimate of drug-likeness (QED) is 0.519. The van der Waals surface area contributed by atoms with Crippen LogP contribution in [0.4, 0.5) is 5.82 Å². The van der Waals surface area contributed by atoms with Crippen LogP contribution in [0, 0.1) is 6.92 Å². The average Bonchev–Trinajstić information content (AvgIpc) is 3.26. The largest absolute Gasteiger partial charge is 0.473 e. The Morgan fingerprint density at radius 1 is 1.03 bits per heavy atom. The zero-order valence-electron chi connectivity index (χ0n) is 19.2. The Bertz CT molecular complexity index is 1140. The number of piperazine rings is 1. The number of halogens is 1. The zero-order valence-corrected chi connectivity index (χ0v) is 20.0. The first-order valence-electron chi connectivity index (χ1n) is 11.9. The van der Waals surface area contributed by atoms with Crippen molar-refractivity contribution in [2.75, 3.05) is 31.1 Å². The number of anilines is 1. The molecule has 9 heteroatoms. The Hall–Kier alpha value is -3.13. The number of carbonyl (C=O) groups is 1. The van der Waals surface area contributed by atoms with Gasteiger partial charge < -0.3 is 19.1 Å². The minimum atomic E-state index is -0.101. The molecule has 0 N–H and O–H groups in total. The van der Waals surface area contributed by atoms with Gasteiger partial charge in [-0.25, -0.2) is 0 Å². The smallest absolute Gasteiger partial charge is 0.259 e. The fraction of sp³-hybridized carbons (Fsp3) is 0.440. The summed E-state index contributed by atoms with van der Waals surface area (Å²) >= 11 is 6.35. The van der Waals surface area contributed by atoms with Crippen molar-refractivity contribution >= 4 is 23.3 Å². The Morgan fingerprint density at radius 2 is 1.79 bits per heavy atom. The molecule has 0 unspecified atom stereocenters. The van der Waals surface area contributed by atoms with E-state index in [0.29, 0.717) is 59.7 Å². The van der Waals surface area contributed by atoms with Crippen LogP contribution in [0.5, 0.6) is 5.88 Å². The van der Waals surface area contributed by atoms with E-state index in [4.69, 9.17) is 20.9 Å². The molecule has 1 aromatic carbocycles. The Morgan fingerprint density at radius 3 is 2.50 bits per heavy atom. The normalized spacial score (nSPS) is 17.1. The summed E-state index contributed by atoms with van der Waals surface area (Å²) in [6.07, 6.45) is 6.14. The molecule has 1 saturated carbocycles. The summed E-state index contributed by atoms with van der Waals surface area (Å²) in [6.45, 7) is 4.20. The molecular weight excluding hydrogens is 454 g/mol. The molecule has 178 valence electrons. The highest BCUT2D eigenvalue weighted by Crippen LogP contribution is 2.32. The van der Waals surface area contributed by atoms with Gasteiger partial charge in [0, 0.05) is 37.8 Å². The van der Waals surface area contributed by atoms with Crippen molar-refractivity contribution in [2.24, 2.45) is 0 Å². The summed E-state index contributed by atoms with van der Waals surface area (Å²) in [6, 6.07) is 11.2. The number of rotatable bonds is 5. The van der Waals surface area contributed by atoms with E-state index in [0.717, 1.165) is 18.7 Å². The summed E-state index contributed by atoms with van der Waals surface area (Å²) in [7, 11) is 0. The van der Waals surface area contributed by atoms with Crippen LogP contribution in [0.25, 0.3) is 11.3 Å². The highest BCUT2D eigenvalue weighted by molar-refractivity contribution is 6.33. The van der Waals surface area contributed by atoms with Gasteiger partial charge in [-0.15, -0.1) is 10.2 Å². The first-order valence-corrected chi connectivity index (χ1v) is 12.2. The third-order valence-electron chi connectivity index (χ3n) is 6.56. The summed E-state index contributed by atoms with van der Waals surface area (Å²) in [4.78, 5) is 17.3. The van der Waals surface area contributed by atoms with Crippen molar-refractivity contribution < 1.29 is 14.1 Å². The number of hydrogen-bond acceptors (Lipinski definition) is 7. The molecule has 34 heavy (non-hydrogen) atoms. The molecule has 8 nitrogen and oxygen atoms in total. The SMILES string of the molecule is Cc1onc(-c2ccccc2Cl)c1C(=O)N1CCN(c2ccc(OC3CCCCC3)nn2)CC1. The van der Waals surface area contributed by atoms with Crippen LogP contribution in [-0.2, 0) is 0 Å². The van der Waals surface area contributed by atoms with Gasteiger partial charge in [0.25, 0.3) is 5.91 Å². The fourth-order valence-electron chi connectivity index (χ4n) is 4.66. The van der Waals surface area contributed by atoms with Gasteiger partial charge in [-0.1, -0.05) is 41.4 Å². The lowest BCUT2D eigenvalue weighted by molar-refractivity contribution is 0.0745. The summed E-state index contributed by atoms with van der Waals surface area (Å²) in [5, 5.41) is 13.3. The van der Waals surface area contributed by atoms with Crippen LogP contribution < -0.4 is 9.64 Å². The van der Waals surface area contributed by atoms with E-state index in [9.17, 15) is 4.79 Å². The van der Waals surface area contributed by atoms with Crippen LogP contribution >= 0.6 is 11.6 Å². The van der Waals surface area contributed by atoms with Crippen molar-refractivity contribution in [1.82, 2.24) is 20.3 Å². The molecule has 3 aromatic rings. The Kier molecular flexibility index (Phi) is 6.67. The average molecular weight is 482 g/mol. The van der Waals surface area contributed by atoms with E-state index in [1.807, 2.05) is 35.2 Å². The molecule has 0 atom stereocenters. The molecule has 1 saturated heterocycles. The number of carbonyl (C=O) groups excluding carboxylic acids is 1. The third kappa shape index (κ3) is 4.73. The molecule has 0 spiro atoms. The maximum atomic E-state index is 13.4. The molecular formula is C25H28ClN5O3. The van der Waals surface area contributed by atoms with Crippen LogP contribution in [0.3, 0.4) is 0 Å². The lowest BCUT2D eigenvalue weighted by atomic mass is 9.98. The maximum absolute atomic E-state index is 13.4. The van der Waals surface area contributed by atoms with Gasteiger partial charge in [0.1, 0.15) is 23.1 Å². The second-order valence-electron chi connectivity index (χ2n) is 8.83. The van der Waals surface area contributed by atoms with Crippen molar-refractivity contribution in [1.29, 1.82) is 0 Å². The predicted octanol–water partition coefficient (Wildman–Crippen LogP) is 4.77. The monoisotopic (exact) mass is 481 g/mol.